The van der Waals surface area contributed by atoms with Gasteiger partial charge in [-0.05, 0) is 56.7 Å². The maximum atomic E-state index is 6.25. The van der Waals surface area contributed by atoms with E-state index >= 15 is 0 Å². The van der Waals surface area contributed by atoms with Crippen molar-refractivity contribution in [2.45, 2.75) is 51.7 Å². The van der Waals surface area contributed by atoms with Crippen LogP contribution in [0.25, 0.3) is 0 Å². The van der Waals surface area contributed by atoms with Gasteiger partial charge in [0.1, 0.15) is 0 Å². The summed E-state index contributed by atoms with van der Waals surface area (Å²) < 4.78 is 5.73. The van der Waals surface area contributed by atoms with Gasteiger partial charge in [-0.2, -0.15) is 0 Å². The molecular weight excluding hydrogens is 220 g/mol. The average Bonchev–Trinajstić information content (AvgIpc) is 2.97. The van der Waals surface area contributed by atoms with Gasteiger partial charge in [-0.15, -0.1) is 0 Å². The molecular formula is C14H19ClO. The van der Waals surface area contributed by atoms with Gasteiger partial charge in [0.25, 0.3) is 0 Å². The highest BCUT2D eigenvalue weighted by molar-refractivity contribution is 6.31. The van der Waals surface area contributed by atoms with Gasteiger partial charge in [-0.25, -0.2) is 0 Å². The fourth-order valence-corrected chi connectivity index (χ4v) is 1.89. The Kier molecular flexibility index (Phi) is 3.27. The van der Waals surface area contributed by atoms with Crippen LogP contribution in [0.2, 0.25) is 5.02 Å². The van der Waals surface area contributed by atoms with Crippen LogP contribution < -0.4 is 0 Å². The number of benzene rings is 1. The van der Waals surface area contributed by atoms with Crippen LogP contribution >= 0.6 is 11.6 Å². The predicted molar refractivity (Wildman–Crippen MR) is 68.0 cm³/mol. The molecule has 0 bridgehead atoms. The van der Waals surface area contributed by atoms with Crippen molar-refractivity contribution in [2.75, 3.05) is 0 Å². The Hall–Kier alpha value is -0.530. The lowest BCUT2D eigenvalue weighted by atomic mass is 10.1. The van der Waals surface area contributed by atoms with Crippen LogP contribution in [0.5, 0.6) is 0 Å². The van der Waals surface area contributed by atoms with Crippen molar-refractivity contribution < 1.29 is 4.74 Å². The molecule has 1 aromatic carbocycles. The molecule has 2 rings (SSSR count). The van der Waals surface area contributed by atoms with Crippen molar-refractivity contribution in [3.8, 4) is 0 Å². The third kappa shape index (κ3) is 3.23. The molecule has 0 unspecified atom stereocenters. The standard InChI is InChI=1S/C14H19ClO/c1-14(2,3)16-9-12-7-6-11(8-13(12)15)10-4-5-10/h6-8,10H,4-5,9H2,1-3H3. The third-order valence-electron chi connectivity index (χ3n) is 2.79. The number of rotatable bonds is 3. The number of hydrogen-bond acceptors (Lipinski definition) is 1. The van der Waals surface area contributed by atoms with Crippen LogP contribution in [0, 0.1) is 0 Å². The second-order valence-electron chi connectivity index (χ2n) is 5.53. The molecule has 0 radical (unpaired) electrons. The minimum absolute atomic E-state index is 0.113. The van der Waals surface area contributed by atoms with Crippen LogP contribution in [0.15, 0.2) is 18.2 Å². The summed E-state index contributed by atoms with van der Waals surface area (Å²) in [5.74, 6) is 0.759. The number of halogens is 1. The maximum Gasteiger partial charge on any atom is 0.0738 e. The second kappa shape index (κ2) is 4.38. The van der Waals surface area contributed by atoms with Crippen molar-refractivity contribution >= 4 is 11.6 Å². The molecule has 0 aromatic heterocycles. The quantitative estimate of drug-likeness (QED) is 0.752. The average molecular weight is 239 g/mol. The lowest BCUT2D eigenvalue weighted by Gasteiger charge is -2.20. The van der Waals surface area contributed by atoms with E-state index < -0.39 is 0 Å². The van der Waals surface area contributed by atoms with Crippen LogP contribution in [-0.2, 0) is 11.3 Å². The van der Waals surface area contributed by atoms with Crippen LogP contribution in [0.1, 0.15) is 50.7 Å². The van der Waals surface area contributed by atoms with E-state index in [2.05, 4.69) is 39.0 Å². The number of hydrogen-bond donors (Lipinski definition) is 0. The summed E-state index contributed by atoms with van der Waals surface area (Å²) in [6, 6.07) is 6.38. The van der Waals surface area contributed by atoms with E-state index in [9.17, 15) is 0 Å². The molecule has 0 atom stereocenters. The van der Waals surface area contributed by atoms with Crippen molar-refractivity contribution in [2.24, 2.45) is 0 Å². The van der Waals surface area contributed by atoms with E-state index in [1.807, 2.05) is 0 Å². The SMILES string of the molecule is CC(C)(C)OCc1ccc(C2CC2)cc1Cl. The minimum atomic E-state index is -0.113. The molecule has 0 saturated heterocycles. The Morgan fingerprint density at radius 1 is 1.31 bits per heavy atom. The summed E-state index contributed by atoms with van der Waals surface area (Å²) in [7, 11) is 0. The predicted octanol–water partition coefficient (Wildman–Crippen LogP) is 4.53. The zero-order valence-electron chi connectivity index (χ0n) is 10.2. The van der Waals surface area contributed by atoms with E-state index in [4.69, 9.17) is 16.3 Å². The van der Waals surface area contributed by atoms with Crippen molar-refractivity contribution in [1.82, 2.24) is 0 Å². The van der Waals surface area contributed by atoms with Gasteiger partial charge in [-0.3, -0.25) is 0 Å². The first kappa shape index (κ1) is 11.9. The molecule has 0 aliphatic heterocycles. The lowest BCUT2D eigenvalue weighted by Crippen LogP contribution is -2.18. The van der Waals surface area contributed by atoms with Crippen LogP contribution in [-0.4, -0.2) is 5.60 Å². The van der Waals surface area contributed by atoms with Gasteiger partial charge in [-0.1, -0.05) is 23.7 Å². The second-order valence-corrected chi connectivity index (χ2v) is 5.93. The van der Waals surface area contributed by atoms with Gasteiger partial charge < -0.3 is 4.74 Å². The molecule has 2 heteroatoms. The van der Waals surface area contributed by atoms with E-state index in [1.165, 1.54) is 18.4 Å². The molecule has 0 spiro atoms. The summed E-state index contributed by atoms with van der Waals surface area (Å²) in [5.41, 5.74) is 2.35. The zero-order chi connectivity index (χ0) is 11.8. The largest absolute Gasteiger partial charge is 0.371 e. The van der Waals surface area contributed by atoms with Gasteiger partial charge in [0.15, 0.2) is 0 Å². The van der Waals surface area contributed by atoms with Crippen molar-refractivity contribution in [1.29, 1.82) is 0 Å². The summed E-state index contributed by atoms with van der Waals surface area (Å²) in [6.07, 6.45) is 2.63. The Balaban J connectivity index is 2.04. The first-order chi connectivity index (χ1) is 7.46. The molecule has 88 valence electrons. The van der Waals surface area contributed by atoms with E-state index in [0.29, 0.717) is 6.61 Å². The molecule has 0 N–H and O–H groups in total. The van der Waals surface area contributed by atoms with Gasteiger partial charge in [0, 0.05) is 5.02 Å². The first-order valence-corrected chi connectivity index (χ1v) is 6.26. The summed E-state index contributed by atoms with van der Waals surface area (Å²) in [5, 5.41) is 0.841. The van der Waals surface area contributed by atoms with E-state index in [0.717, 1.165) is 16.5 Å². The molecule has 1 saturated carbocycles. The van der Waals surface area contributed by atoms with E-state index in [1.54, 1.807) is 0 Å². The topological polar surface area (TPSA) is 9.23 Å². The first-order valence-electron chi connectivity index (χ1n) is 5.88. The fourth-order valence-electron chi connectivity index (χ4n) is 1.65. The van der Waals surface area contributed by atoms with Crippen molar-refractivity contribution in [3.63, 3.8) is 0 Å². The van der Waals surface area contributed by atoms with Gasteiger partial charge in [0.2, 0.25) is 0 Å². The molecule has 16 heavy (non-hydrogen) atoms. The number of ether oxygens (including phenoxy) is 1. The fraction of sp³-hybridized carbons (Fsp3) is 0.571. The molecule has 1 aromatic rings. The highest BCUT2D eigenvalue weighted by atomic mass is 35.5. The Morgan fingerprint density at radius 2 is 2.00 bits per heavy atom. The smallest absolute Gasteiger partial charge is 0.0738 e. The molecule has 1 nitrogen and oxygen atoms in total. The van der Waals surface area contributed by atoms with Crippen LogP contribution in [0.4, 0.5) is 0 Å². The Labute approximate surface area is 103 Å². The van der Waals surface area contributed by atoms with Gasteiger partial charge in [0.05, 0.1) is 12.2 Å². The molecule has 1 aliphatic rings. The summed E-state index contributed by atoms with van der Waals surface area (Å²) in [6.45, 7) is 6.76. The monoisotopic (exact) mass is 238 g/mol. The van der Waals surface area contributed by atoms with Gasteiger partial charge >= 0.3 is 0 Å². The van der Waals surface area contributed by atoms with Crippen LogP contribution in [0.3, 0.4) is 0 Å². The Morgan fingerprint density at radius 3 is 2.50 bits per heavy atom. The molecule has 1 aliphatic carbocycles. The lowest BCUT2D eigenvalue weighted by molar-refractivity contribution is -0.0149. The zero-order valence-corrected chi connectivity index (χ0v) is 11.0. The van der Waals surface area contributed by atoms with Crippen molar-refractivity contribution in [3.05, 3.63) is 34.3 Å². The third-order valence-corrected chi connectivity index (χ3v) is 3.14. The highest BCUT2D eigenvalue weighted by Gasteiger charge is 2.24. The summed E-state index contributed by atoms with van der Waals surface area (Å²) in [4.78, 5) is 0. The maximum absolute atomic E-state index is 6.25. The highest BCUT2D eigenvalue weighted by Crippen LogP contribution is 2.41. The normalized spacial score (nSPS) is 16.5. The Bertz CT molecular complexity index is 375. The molecule has 0 amide bonds. The molecule has 1 fully saturated rings. The van der Waals surface area contributed by atoms with E-state index in [-0.39, 0.29) is 5.60 Å². The molecule has 0 heterocycles. The summed E-state index contributed by atoms with van der Waals surface area (Å²) >= 11 is 6.25. The minimum Gasteiger partial charge on any atom is -0.371 e.